The van der Waals surface area contributed by atoms with Gasteiger partial charge in [-0.15, -0.1) is 35.3 Å². The Kier molecular flexibility index (Phi) is 13.3. The molecule has 0 spiro atoms. The number of ether oxygens (including phenoxy) is 1. The summed E-state index contributed by atoms with van der Waals surface area (Å²) in [5.74, 6) is 1.54. The number of guanidine groups is 1. The molecular formula is C21H32ClIN4O2S. The standard InChI is InChI=1S/C21H31ClN4O2S.HI/c1-4-23-21(25-15-18(27)19-10-11-20(22)29-19)24-14-16-6-8-17(9-7-16)28-13-5-12-26(2)3;/h6-11,18,27H,4-5,12-15H2,1-3H3,(H2,23,24,25);1H. The van der Waals surface area contributed by atoms with Gasteiger partial charge in [0.05, 0.1) is 17.5 Å². The van der Waals surface area contributed by atoms with Gasteiger partial charge in [-0.3, -0.25) is 0 Å². The SMILES string of the molecule is CCNC(=NCc1ccc(OCCCN(C)C)cc1)NCC(O)c1ccc(Cl)s1.I. The van der Waals surface area contributed by atoms with Crippen LogP contribution < -0.4 is 15.4 Å². The number of nitrogens with one attached hydrogen (secondary N) is 2. The van der Waals surface area contributed by atoms with Crippen molar-refractivity contribution in [3.05, 3.63) is 51.2 Å². The third-order valence-corrected chi connectivity index (χ3v) is 5.42. The minimum Gasteiger partial charge on any atom is -0.494 e. The zero-order valence-corrected chi connectivity index (χ0v) is 21.6. The average molecular weight is 567 g/mol. The number of aliphatic hydroxyl groups is 1. The number of benzene rings is 1. The van der Waals surface area contributed by atoms with Crippen molar-refractivity contribution in [2.45, 2.75) is 26.0 Å². The molecule has 1 aromatic carbocycles. The van der Waals surface area contributed by atoms with Crippen molar-refractivity contribution in [2.24, 2.45) is 4.99 Å². The number of aliphatic hydroxyl groups excluding tert-OH is 1. The fourth-order valence-corrected chi connectivity index (χ4v) is 3.62. The normalized spacial score (nSPS) is 12.4. The number of aliphatic imine (C=N–C) groups is 1. The second-order valence-electron chi connectivity index (χ2n) is 6.88. The van der Waals surface area contributed by atoms with Crippen LogP contribution in [-0.4, -0.2) is 56.3 Å². The fourth-order valence-electron chi connectivity index (χ4n) is 2.58. The van der Waals surface area contributed by atoms with Crippen molar-refractivity contribution in [3.8, 4) is 5.75 Å². The molecule has 0 radical (unpaired) electrons. The van der Waals surface area contributed by atoms with E-state index in [9.17, 15) is 5.11 Å². The Hall–Kier alpha value is -1.07. The van der Waals surface area contributed by atoms with E-state index in [-0.39, 0.29) is 24.0 Å². The second-order valence-corrected chi connectivity index (χ2v) is 8.63. The van der Waals surface area contributed by atoms with E-state index in [1.54, 1.807) is 6.07 Å². The predicted molar refractivity (Wildman–Crippen MR) is 138 cm³/mol. The van der Waals surface area contributed by atoms with Crippen LogP contribution in [0.1, 0.15) is 29.9 Å². The van der Waals surface area contributed by atoms with Gasteiger partial charge in [0.15, 0.2) is 5.96 Å². The van der Waals surface area contributed by atoms with Gasteiger partial charge in [0.1, 0.15) is 11.9 Å². The lowest BCUT2D eigenvalue weighted by Crippen LogP contribution is -2.39. The lowest BCUT2D eigenvalue weighted by molar-refractivity contribution is 0.184. The summed E-state index contributed by atoms with van der Waals surface area (Å²) in [5.41, 5.74) is 1.09. The topological polar surface area (TPSA) is 69.1 Å². The molecule has 0 saturated heterocycles. The average Bonchev–Trinajstić information content (AvgIpc) is 3.14. The maximum absolute atomic E-state index is 10.3. The Balaban J connectivity index is 0.00000450. The van der Waals surface area contributed by atoms with Gasteiger partial charge in [0, 0.05) is 24.5 Å². The molecule has 30 heavy (non-hydrogen) atoms. The Morgan fingerprint density at radius 3 is 2.53 bits per heavy atom. The van der Waals surface area contributed by atoms with Crippen LogP contribution in [0, 0.1) is 0 Å². The van der Waals surface area contributed by atoms with E-state index in [0.29, 0.717) is 30.0 Å². The summed E-state index contributed by atoms with van der Waals surface area (Å²) in [5, 5.41) is 16.6. The van der Waals surface area contributed by atoms with Gasteiger partial charge in [0.25, 0.3) is 0 Å². The van der Waals surface area contributed by atoms with E-state index in [4.69, 9.17) is 16.3 Å². The van der Waals surface area contributed by atoms with Crippen LogP contribution in [0.2, 0.25) is 4.34 Å². The van der Waals surface area contributed by atoms with Crippen molar-refractivity contribution < 1.29 is 9.84 Å². The number of nitrogens with zero attached hydrogens (tertiary/aromatic N) is 2. The van der Waals surface area contributed by atoms with Gasteiger partial charge >= 0.3 is 0 Å². The molecule has 6 nitrogen and oxygen atoms in total. The van der Waals surface area contributed by atoms with Crippen LogP contribution in [0.3, 0.4) is 0 Å². The number of thiophene rings is 1. The van der Waals surface area contributed by atoms with Gasteiger partial charge in [-0.2, -0.15) is 0 Å². The van der Waals surface area contributed by atoms with Crippen molar-refractivity contribution in [1.82, 2.24) is 15.5 Å². The molecule has 2 aromatic rings. The molecule has 1 atom stereocenters. The highest BCUT2D eigenvalue weighted by atomic mass is 127. The van der Waals surface area contributed by atoms with Crippen molar-refractivity contribution in [1.29, 1.82) is 0 Å². The summed E-state index contributed by atoms with van der Waals surface area (Å²) in [7, 11) is 4.12. The summed E-state index contributed by atoms with van der Waals surface area (Å²) < 4.78 is 6.43. The Morgan fingerprint density at radius 1 is 1.20 bits per heavy atom. The smallest absolute Gasteiger partial charge is 0.191 e. The summed E-state index contributed by atoms with van der Waals surface area (Å²) in [6.07, 6.45) is 0.376. The molecule has 2 rings (SSSR count). The molecule has 0 saturated carbocycles. The molecule has 1 aromatic heterocycles. The van der Waals surface area contributed by atoms with Crippen molar-refractivity contribution in [3.63, 3.8) is 0 Å². The monoisotopic (exact) mass is 566 g/mol. The quantitative estimate of drug-likeness (QED) is 0.165. The first kappa shape index (κ1) is 27.0. The molecule has 0 amide bonds. The highest BCUT2D eigenvalue weighted by Crippen LogP contribution is 2.26. The summed E-state index contributed by atoms with van der Waals surface area (Å²) in [4.78, 5) is 7.57. The number of halogens is 2. The van der Waals surface area contributed by atoms with E-state index < -0.39 is 6.10 Å². The molecule has 0 aliphatic rings. The highest BCUT2D eigenvalue weighted by Gasteiger charge is 2.11. The van der Waals surface area contributed by atoms with Crippen LogP contribution in [0.4, 0.5) is 0 Å². The van der Waals surface area contributed by atoms with Crippen LogP contribution in [0.15, 0.2) is 41.4 Å². The first-order valence-electron chi connectivity index (χ1n) is 9.80. The van der Waals surface area contributed by atoms with Crippen molar-refractivity contribution >= 4 is 52.9 Å². The maximum Gasteiger partial charge on any atom is 0.191 e. The molecule has 0 aliphatic heterocycles. The van der Waals surface area contributed by atoms with Gasteiger partial charge in [-0.05, 0) is 57.3 Å². The molecule has 1 unspecified atom stereocenters. The first-order chi connectivity index (χ1) is 14.0. The van der Waals surface area contributed by atoms with Gasteiger partial charge in [0.2, 0.25) is 0 Å². The molecule has 1 heterocycles. The lowest BCUT2D eigenvalue weighted by atomic mass is 10.2. The molecule has 0 bridgehead atoms. The Morgan fingerprint density at radius 2 is 1.93 bits per heavy atom. The highest BCUT2D eigenvalue weighted by molar-refractivity contribution is 14.0. The minimum absolute atomic E-state index is 0. The summed E-state index contributed by atoms with van der Waals surface area (Å²) >= 11 is 7.32. The van der Waals surface area contributed by atoms with E-state index in [1.807, 2.05) is 37.3 Å². The zero-order chi connectivity index (χ0) is 21.1. The lowest BCUT2D eigenvalue weighted by Gasteiger charge is -2.14. The second kappa shape index (κ2) is 14.9. The largest absolute Gasteiger partial charge is 0.494 e. The van der Waals surface area contributed by atoms with Gasteiger partial charge in [-0.25, -0.2) is 4.99 Å². The third-order valence-electron chi connectivity index (χ3n) is 4.09. The molecule has 9 heteroatoms. The maximum atomic E-state index is 10.3. The Bertz CT molecular complexity index is 756. The number of rotatable bonds is 11. The summed E-state index contributed by atoms with van der Waals surface area (Å²) in [6.45, 7) is 5.38. The van der Waals surface area contributed by atoms with E-state index in [0.717, 1.165) is 35.7 Å². The number of hydrogen-bond donors (Lipinski definition) is 3. The van der Waals surface area contributed by atoms with E-state index in [2.05, 4.69) is 34.6 Å². The van der Waals surface area contributed by atoms with Gasteiger partial charge in [-0.1, -0.05) is 23.7 Å². The Labute approximate surface area is 205 Å². The van der Waals surface area contributed by atoms with E-state index in [1.165, 1.54) is 11.3 Å². The zero-order valence-electron chi connectivity index (χ0n) is 17.7. The third kappa shape index (κ3) is 10.3. The van der Waals surface area contributed by atoms with Crippen LogP contribution in [-0.2, 0) is 6.54 Å². The fraction of sp³-hybridized carbons (Fsp3) is 0.476. The first-order valence-corrected chi connectivity index (χ1v) is 11.0. The summed E-state index contributed by atoms with van der Waals surface area (Å²) in [6, 6.07) is 11.6. The predicted octanol–water partition coefficient (Wildman–Crippen LogP) is 4.14. The van der Waals surface area contributed by atoms with Crippen LogP contribution in [0.25, 0.3) is 0 Å². The molecule has 168 valence electrons. The molecular weight excluding hydrogens is 535 g/mol. The molecule has 3 N–H and O–H groups in total. The van der Waals surface area contributed by atoms with Gasteiger partial charge < -0.3 is 25.4 Å². The molecule has 0 fully saturated rings. The van der Waals surface area contributed by atoms with Crippen molar-refractivity contribution in [2.75, 3.05) is 40.3 Å². The van der Waals surface area contributed by atoms with Crippen LogP contribution >= 0.6 is 46.9 Å². The van der Waals surface area contributed by atoms with Crippen LogP contribution in [0.5, 0.6) is 5.75 Å². The molecule has 0 aliphatic carbocycles. The van der Waals surface area contributed by atoms with E-state index >= 15 is 0 Å². The minimum atomic E-state index is -0.625. The number of hydrogen-bond acceptors (Lipinski definition) is 5.